The Bertz CT molecular complexity index is 1290. The van der Waals surface area contributed by atoms with Crippen molar-refractivity contribution >= 4 is 29.2 Å². The third-order valence-corrected chi connectivity index (χ3v) is 6.81. The van der Waals surface area contributed by atoms with E-state index in [0.29, 0.717) is 16.6 Å². The molecule has 1 aliphatic rings. The number of oxime groups is 1. The molecular weight excluding hydrogens is 444 g/mol. The molecule has 32 heavy (non-hydrogen) atoms. The summed E-state index contributed by atoms with van der Waals surface area (Å²) in [5.74, 6) is 0.871. The van der Waals surface area contributed by atoms with Crippen molar-refractivity contribution in [3.63, 3.8) is 0 Å². The van der Waals surface area contributed by atoms with Gasteiger partial charge >= 0.3 is 0 Å². The van der Waals surface area contributed by atoms with Crippen molar-refractivity contribution in [2.45, 2.75) is 28.8 Å². The average molecular weight is 465 g/mol. The summed E-state index contributed by atoms with van der Waals surface area (Å²) in [6.07, 6.45) is 4.38. The number of imidazole rings is 1. The maximum Gasteiger partial charge on any atom is 0.170 e. The van der Waals surface area contributed by atoms with Crippen LogP contribution in [-0.4, -0.2) is 30.4 Å². The quantitative estimate of drug-likeness (QED) is 0.177. The third kappa shape index (κ3) is 3.99. The standard InChI is InChI=1S/C23H21ClN6OS/c1-29-22(19-12-13-30(27-19)17-8-9-17)26-20(14-2-4-15(5-3-14)21(25)28-31)23(29)32-18-10-6-16(24)7-11-18/h2-7,10-13,17,31H,8-9H2,1H3,(H2,25,28). The minimum Gasteiger partial charge on any atom is -0.409 e. The van der Waals surface area contributed by atoms with Gasteiger partial charge in [-0.05, 0) is 43.2 Å². The fourth-order valence-corrected chi connectivity index (χ4v) is 4.59. The predicted molar refractivity (Wildman–Crippen MR) is 126 cm³/mol. The molecular formula is C23H21ClN6OS. The van der Waals surface area contributed by atoms with Gasteiger partial charge in [-0.2, -0.15) is 5.10 Å². The molecule has 4 aromatic rings. The minimum absolute atomic E-state index is 0.0691. The molecule has 0 bridgehead atoms. The van der Waals surface area contributed by atoms with Crippen LogP contribution in [-0.2, 0) is 7.05 Å². The Balaban J connectivity index is 1.58. The number of nitrogens with zero attached hydrogens (tertiary/aromatic N) is 5. The molecule has 2 aromatic heterocycles. The van der Waals surface area contributed by atoms with Gasteiger partial charge in [0, 0.05) is 34.3 Å². The van der Waals surface area contributed by atoms with Crippen LogP contribution in [0, 0.1) is 0 Å². The zero-order valence-electron chi connectivity index (χ0n) is 17.3. The highest BCUT2D eigenvalue weighted by atomic mass is 35.5. The molecule has 0 atom stereocenters. The normalized spacial score (nSPS) is 14.1. The molecule has 162 valence electrons. The smallest absolute Gasteiger partial charge is 0.170 e. The maximum absolute atomic E-state index is 8.94. The molecule has 0 aliphatic heterocycles. The molecule has 5 rings (SSSR count). The molecule has 7 nitrogen and oxygen atoms in total. The molecule has 0 unspecified atom stereocenters. The number of nitrogens with two attached hydrogens (primary N) is 1. The summed E-state index contributed by atoms with van der Waals surface area (Å²) in [4.78, 5) is 6.04. The highest BCUT2D eigenvalue weighted by Crippen LogP contribution is 2.39. The van der Waals surface area contributed by atoms with Crippen molar-refractivity contribution < 1.29 is 5.21 Å². The highest BCUT2D eigenvalue weighted by Gasteiger charge is 2.26. The summed E-state index contributed by atoms with van der Waals surface area (Å²) in [6, 6.07) is 17.8. The Morgan fingerprint density at radius 3 is 2.50 bits per heavy atom. The van der Waals surface area contributed by atoms with E-state index in [1.165, 1.54) is 12.8 Å². The Morgan fingerprint density at radius 2 is 1.84 bits per heavy atom. The zero-order valence-corrected chi connectivity index (χ0v) is 18.9. The summed E-state index contributed by atoms with van der Waals surface area (Å²) < 4.78 is 4.10. The van der Waals surface area contributed by atoms with E-state index in [2.05, 4.69) is 9.72 Å². The molecule has 2 aromatic carbocycles. The van der Waals surface area contributed by atoms with E-state index in [1.54, 1.807) is 11.8 Å². The van der Waals surface area contributed by atoms with E-state index in [1.807, 2.05) is 72.5 Å². The van der Waals surface area contributed by atoms with Crippen LogP contribution in [0.4, 0.5) is 0 Å². The van der Waals surface area contributed by atoms with Crippen LogP contribution in [0.1, 0.15) is 24.4 Å². The Kier molecular flexibility index (Phi) is 5.40. The van der Waals surface area contributed by atoms with Crippen LogP contribution in [0.5, 0.6) is 0 Å². The number of hydrogen-bond donors (Lipinski definition) is 2. The molecule has 3 N–H and O–H groups in total. The second-order valence-corrected chi connectivity index (χ2v) is 9.18. The minimum atomic E-state index is 0.0691. The van der Waals surface area contributed by atoms with Gasteiger partial charge in [-0.15, -0.1) is 0 Å². The van der Waals surface area contributed by atoms with Gasteiger partial charge in [0.05, 0.1) is 6.04 Å². The van der Waals surface area contributed by atoms with E-state index in [4.69, 9.17) is 32.6 Å². The van der Waals surface area contributed by atoms with Gasteiger partial charge in [0.1, 0.15) is 16.4 Å². The fourth-order valence-electron chi connectivity index (χ4n) is 3.49. The van der Waals surface area contributed by atoms with Gasteiger partial charge in [0.2, 0.25) is 0 Å². The highest BCUT2D eigenvalue weighted by molar-refractivity contribution is 7.99. The molecule has 0 amide bonds. The van der Waals surface area contributed by atoms with Crippen LogP contribution in [0.2, 0.25) is 5.02 Å². The number of amidine groups is 1. The van der Waals surface area contributed by atoms with Crippen molar-refractivity contribution in [1.29, 1.82) is 0 Å². The van der Waals surface area contributed by atoms with Crippen molar-refractivity contribution in [1.82, 2.24) is 19.3 Å². The molecule has 1 aliphatic carbocycles. The Morgan fingerprint density at radius 1 is 1.12 bits per heavy atom. The molecule has 1 fully saturated rings. The first-order valence-corrected chi connectivity index (χ1v) is 11.4. The lowest BCUT2D eigenvalue weighted by atomic mass is 10.1. The second-order valence-electron chi connectivity index (χ2n) is 7.68. The summed E-state index contributed by atoms with van der Waals surface area (Å²) >= 11 is 7.69. The zero-order chi connectivity index (χ0) is 22.2. The molecule has 0 saturated heterocycles. The van der Waals surface area contributed by atoms with Gasteiger partial charge in [-0.1, -0.05) is 52.8 Å². The summed E-state index contributed by atoms with van der Waals surface area (Å²) in [6.45, 7) is 0. The van der Waals surface area contributed by atoms with Crippen LogP contribution >= 0.6 is 23.4 Å². The summed E-state index contributed by atoms with van der Waals surface area (Å²) in [5.41, 5.74) is 8.98. The summed E-state index contributed by atoms with van der Waals surface area (Å²) in [5, 5.41) is 18.5. The van der Waals surface area contributed by atoms with E-state index in [-0.39, 0.29) is 5.84 Å². The van der Waals surface area contributed by atoms with Gasteiger partial charge in [0.25, 0.3) is 0 Å². The molecule has 2 heterocycles. The van der Waals surface area contributed by atoms with Crippen molar-refractivity contribution in [3.8, 4) is 22.8 Å². The number of hydrogen-bond acceptors (Lipinski definition) is 5. The first-order valence-electron chi connectivity index (χ1n) is 10.2. The number of aromatic nitrogens is 4. The van der Waals surface area contributed by atoms with Gasteiger partial charge in [-0.3, -0.25) is 4.68 Å². The topological polar surface area (TPSA) is 94.2 Å². The lowest BCUT2D eigenvalue weighted by Crippen LogP contribution is -2.12. The van der Waals surface area contributed by atoms with Crippen molar-refractivity contribution in [2.24, 2.45) is 17.9 Å². The third-order valence-electron chi connectivity index (χ3n) is 5.39. The van der Waals surface area contributed by atoms with Crippen LogP contribution in [0.15, 0.2) is 75.9 Å². The van der Waals surface area contributed by atoms with Gasteiger partial charge in [0.15, 0.2) is 11.7 Å². The van der Waals surface area contributed by atoms with Crippen molar-refractivity contribution in [2.75, 3.05) is 0 Å². The van der Waals surface area contributed by atoms with Crippen molar-refractivity contribution in [3.05, 3.63) is 71.4 Å². The van der Waals surface area contributed by atoms with Crippen LogP contribution in [0.25, 0.3) is 22.8 Å². The van der Waals surface area contributed by atoms with Gasteiger partial charge in [-0.25, -0.2) is 4.98 Å². The number of halogens is 1. The maximum atomic E-state index is 8.94. The Labute approximate surface area is 194 Å². The molecule has 9 heteroatoms. The second kappa shape index (κ2) is 8.37. The SMILES string of the molecule is Cn1c(-c2ccn(C3CC3)n2)nc(-c2ccc(/C(N)=N\O)cc2)c1Sc1ccc(Cl)cc1. The van der Waals surface area contributed by atoms with E-state index < -0.39 is 0 Å². The predicted octanol–water partition coefficient (Wildman–Crippen LogP) is 5.18. The fraction of sp³-hybridized carbons (Fsp3) is 0.174. The Hall–Kier alpha value is -3.23. The van der Waals surface area contributed by atoms with E-state index >= 15 is 0 Å². The molecule has 0 radical (unpaired) electrons. The van der Waals surface area contributed by atoms with Crippen LogP contribution in [0.3, 0.4) is 0 Å². The largest absolute Gasteiger partial charge is 0.409 e. The molecule has 0 spiro atoms. The van der Waals surface area contributed by atoms with E-state index in [9.17, 15) is 0 Å². The molecule has 1 saturated carbocycles. The lowest BCUT2D eigenvalue weighted by Gasteiger charge is -2.08. The number of benzene rings is 2. The lowest BCUT2D eigenvalue weighted by molar-refractivity contribution is 0.318. The van der Waals surface area contributed by atoms with Crippen LogP contribution < -0.4 is 5.73 Å². The number of rotatable bonds is 6. The van der Waals surface area contributed by atoms with Gasteiger partial charge < -0.3 is 15.5 Å². The monoisotopic (exact) mass is 464 g/mol. The first-order chi connectivity index (χ1) is 15.5. The van der Waals surface area contributed by atoms with E-state index in [0.717, 1.165) is 32.7 Å². The first kappa shape index (κ1) is 20.7. The summed E-state index contributed by atoms with van der Waals surface area (Å²) in [7, 11) is 2.00. The average Bonchev–Trinajstić information content (AvgIpc) is 3.47.